The zero-order valence-electron chi connectivity index (χ0n) is 17.6. The van der Waals surface area contributed by atoms with Crippen LogP contribution in [0.4, 0.5) is 17.5 Å². The number of fused-ring (bicyclic) bond motifs is 1. The highest BCUT2D eigenvalue weighted by Gasteiger charge is 2.21. The van der Waals surface area contributed by atoms with Crippen molar-refractivity contribution in [3.63, 3.8) is 0 Å². The van der Waals surface area contributed by atoms with E-state index in [0.717, 1.165) is 0 Å². The van der Waals surface area contributed by atoms with Gasteiger partial charge in [-0.05, 0) is 30.7 Å². The van der Waals surface area contributed by atoms with Gasteiger partial charge in [-0.3, -0.25) is 4.79 Å². The highest BCUT2D eigenvalue weighted by molar-refractivity contribution is 5.96. The number of aromatic amines is 1. The number of amides is 1. The van der Waals surface area contributed by atoms with Crippen molar-refractivity contribution in [1.29, 1.82) is 0 Å². The van der Waals surface area contributed by atoms with Crippen LogP contribution in [0.2, 0.25) is 0 Å². The number of hydrogen-bond acceptors (Lipinski definition) is 12. The molecule has 8 N–H and O–H groups in total. The van der Waals surface area contributed by atoms with E-state index in [9.17, 15) is 14.7 Å². The first-order valence-electron chi connectivity index (χ1n) is 10.0. The van der Waals surface area contributed by atoms with Crippen molar-refractivity contribution in [2.75, 3.05) is 16.8 Å². The van der Waals surface area contributed by atoms with Gasteiger partial charge < -0.3 is 27.2 Å². The van der Waals surface area contributed by atoms with Gasteiger partial charge in [0.2, 0.25) is 5.95 Å². The van der Waals surface area contributed by atoms with E-state index >= 15 is 0 Å². The van der Waals surface area contributed by atoms with Gasteiger partial charge in [0.05, 0.1) is 18.4 Å². The second-order valence-electron chi connectivity index (χ2n) is 7.16. The fraction of sp³-hybridized carbons (Fsp3) is 0.211. The van der Waals surface area contributed by atoms with Crippen LogP contribution in [-0.2, 0) is 17.8 Å². The molecule has 1 atom stereocenters. The topological polar surface area (TPSA) is 236 Å². The molecular formula is C19H20N12O3. The number of aliphatic carboxylic acids is 1. The molecule has 15 nitrogen and oxygen atoms in total. The first kappa shape index (κ1) is 22.3. The molecule has 34 heavy (non-hydrogen) atoms. The summed E-state index contributed by atoms with van der Waals surface area (Å²) in [4.78, 5) is 40.5. The van der Waals surface area contributed by atoms with Gasteiger partial charge in [-0.1, -0.05) is 5.21 Å². The Hall–Kier alpha value is -4.95. The van der Waals surface area contributed by atoms with E-state index in [2.05, 4.69) is 51.2 Å². The number of benzene rings is 1. The summed E-state index contributed by atoms with van der Waals surface area (Å²) >= 11 is 0. The normalized spacial score (nSPS) is 11.8. The molecular weight excluding hydrogens is 444 g/mol. The maximum absolute atomic E-state index is 12.5. The molecule has 0 unspecified atom stereocenters. The highest BCUT2D eigenvalue weighted by atomic mass is 16.4. The van der Waals surface area contributed by atoms with E-state index in [1.165, 1.54) is 0 Å². The number of anilines is 3. The molecule has 0 spiro atoms. The molecule has 4 rings (SSSR count). The molecule has 0 fully saturated rings. The van der Waals surface area contributed by atoms with Crippen LogP contribution in [0.15, 0.2) is 30.5 Å². The van der Waals surface area contributed by atoms with Crippen molar-refractivity contribution in [3.05, 3.63) is 47.5 Å². The van der Waals surface area contributed by atoms with Gasteiger partial charge in [-0.25, -0.2) is 14.8 Å². The van der Waals surface area contributed by atoms with Crippen LogP contribution in [-0.4, -0.2) is 63.6 Å². The predicted molar refractivity (Wildman–Crippen MR) is 119 cm³/mol. The molecule has 1 amide bonds. The van der Waals surface area contributed by atoms with Gasteiger partial charge in [0.25, 0.3) is 5.91 Å². The number of carboxylic acid groups (broad SMARTS) is 1. The monoisotopic (exact) mass is 464 g/mol. The molecule has 1 aromatic carbocycles. The van der Waals surface area contributed by atoms with Crippen LogP contribution in [0.25, 0.3) is 11.2 Å². The molecule has 0 saturated heterocycles. The summed E-state index contributed by atoms with van der Waals surface area (Å²) in [5.74, 6) is -1.13. The number of rotatable bonds is 9. The Kier molecular flexibility index (Phi) is 6.33. The number of nitrogens with zero attached hydrogens (tertiary/aromatic N) is 7. The Morgan fingerprint density at radius 1 is 1.12 bits per heavy atom. The van der Waals surface area contributed by atoms with Gasteiger partial charge in [-0.2, -0.15) is 15.2 Å². The standard InChI is InChI=1S/C19H20N12O3/c20-15-14-16(27-19(21)26-15)23-8-11(24-14)7-22-10-3-1-9(2-4-10)17(32)25-12(18(33)34)5-6-13-28-30-31-29-13/h1-4,8,12,22H,5-7H2,(H,25,32)(H,33,34)(H,28,29,30,31)(H4,20,21,23,26,27)/t12-/m0/s1. The van der Waals surface area contributed by atoms with Crippen LogP contribution in [0, 0.1) is 0 Å². The van der Waals surface area contributed by atoms with E-state index in [1.54, 1.807) is 30.5 Å². The SMILES string of the molecule is Nc1nc(N)c2nc(CNc3ccc(C(=O)N[C@@H](CCc4nn[nH]n4)C(=O)O)cc3)cnc2n1. The van der Waals surface area contributed by atoms with Crippen LogP contribution in [0.1, 0.15) is 28.3 Å². The van der Waals surface area contributed by atoms with E-state index in [0.29, 0.717) is 40.5 Å². The number of H-pyrrole nitrogens is 1. The predicted octanol–water partition coefficient (Wildman–Crippen LogP) is -0.475. The fourth-order valence-electron chi connectivity index (χ4n) is 3.06. The van der Waals surface area contributed by atoms with E-state index in [4.69, 9.17) is 11.5 Å². The number of carbonyl (C=O) groups excluding carboxylic acids is 1. The Morgan fingerprint density at radius 2 is 1.91 bits per heavy atom. The fourth-order valence-corrected chi connectivity index (χ4v) is 3.06. The van der Waals surface area contributed by atoms with Gasteiger partial charge in [0, 0.05) is 17.7 Å². The Bertz CT molecular complexity index is 1310. The number of hydrogen-bond donors (Lipinski definition) is 6. The zero-order valence-corrected chi connectivity index (χ0v) is 17.6. The van der Waals surface area contributed by atoms with E-state index < -0.39 is 17.9 Å². The minimum atomic E-state index is -1.15. The van der Waals surface area contributed by atoms with Crippen LogP contribution in [0.5, 0.6) is 0 Å². The third kappa shape index (κ3) is 5.26. The zero-order chi connectivity index (χ0) is 24.1. The molecule has 3 heterocycles. The van der Waals surface area contributed by atoms with Crippen molar-refractivity contribution < 1.29 is 14.7 Å². The number of nitrogens with two attached hydrogens (primary N) is 2. The number of carboxylic acids is 1. The number of carbonyl (C=O) groups is 2. The maximum Gasteiger partial charge on any atom is 0.326 e. The molecule has 0 aliphatic heterocycles. The summed E-state index contributed by atoms with van der Waals surface area (Å²) in [6.07, 6.45) is 1.91. The van der Waals surface area contributed by atoms with Crippen molar-refractivity contribution >= 4 is 40.5 Å². The largest absolute Gasteiger partial charge is 0.480 e. The number of aryl methyl sites for hydroxylation is 1. The summed E-state index contributed by atoms with van der Waals surface area (Å²) < 4.78 is 0. The highest BCUT2D eigenvalue weighted by Crippen LogP contribution is 2.16. The third-order valence-electron chi connectivity index (χ3n) is 4.77. The molecule has 15 heteroatoms. The lowest BCUT2D eigenvalue weighted by molar-refractivity contribution is -0.139. The lowest BCUT2D eigenvalue weighted by Crippen LogP contribution is -2.41. The van der Waals surface area contributed by atoms with Crippen LogP contribution >= 0.6 is 0 Å². The molecule has 174 valence electrons. The maximum atomic E-state index is 12.5. The molecule has 0 bridgehead atoms. The average molecular weight is 464 g/mol. The number of aromatic nitrogens is 8. The quantitative estimate of drug-likeness (QED) is 0.184. The molecule has 0 aliphatic carbocycles. The molecule has 0 radical (unpaired) electrons. The van der Waals surface area contributed by atoms with Crippen LogP contribution < -0.4 is 22.1 Å². The Morgan fingerprint density at radius 3 is 2.62 bits per heavy atom. The first-order chi connectivity index (χ1) is 16.4. The molecule has 4 aromatic rings. The number of tetrazole rings is 1. The van der Waals surface area contributed by atoms with Gasteiger partial charge in [-0.15, -0.1) is 10.2 Å². The van der Waals surface area contributed by atoms with Crippen molar-refractivity contribution in [2.45, 2.75) is 25.4 Å². The minimum Gasteiger partial charge on any atom is -0.480 e. The lowest BCUT2D eigenvalue weighted by atomic mass is 10.1. The summed E-state index contributed by atoms with van der Waals surface area (Å²) in [7, 11) is 0. The Balaban J connectivity index is 1.35. The number of nitrogen functional groups attached to an aromatic ring is 2. The van der Waals surface area contributed by atoms with E-state index in [1.807, 2.05) is 0 Å². The third-order valence-corrected chi connectivity index (χ3v) is 4.77. The summed E-state index contributed by atoms with van der Waals surface area (Å²) in [6.45, 7) is 0.329. The van der Waals surface area contributed by atoms with Crippen molar-refractivity contribution in [2.24, 2.45) is 0 Å². The van der Waals surface area contributed by atoms with Crippen molar-refractivity contribution in [1.82, 2.24) is 45.9 Å². The Labute approximate surface area is 191 Å². The second-order valence-corrected chi connectivity index (χ2v) is 7.16. The summed E-state index contributed by atoms with van der Waals surface area (Å²) in [5, 5.41) is 28.3. The second kappa shape index (κ2) is 9.68. The average Bonchev–Trinajstić information content (AvgIpc) is 3.34. The molecule has 0 aliphatic rings. The smallest absolute Gasteiger partial charge is 0.326 e. The van der Waals surface area contributed by atoms with E-state index in [-0.39, 0.29) is 24.6 Å². The van der Waals surface area contributed by atoms with Gasteiger partial charge in [0.1, 0.15) is 6.04 Å². The molecule has 0 saturated carbocycles. The minimum absolute atomic E-state index is 0.0240. The summed E-state index contributed by atoms with van der Waals surface area (Å²) in [6, 6.07) is 5.45. The van der Waals surface area contributed by atoms with Crippen LogP contribution in [0.3, 0.4) is 0 Å². The first-order valence-corrected chi connectivity index (χ1v) is 10.0. The lowest BCUT2D eigenvalue weighted by Gasteiger charge is -2.14. The van der Waals surface area contributed by atoms with Gasteiger partial charge >= 0.3 is 5.97 Å². The van der Waals surface area contributed by atoms with Gasteiger partial charge in [0.15, 0.2) is 22.8 Å². The van der Waals surface area contributed by atoms with Crippen molar-refractivity contribution in [3.8, 4) is 0 Å². The summed E-state index contributed by atoms with van der Waals surface area (Å²) in [5.41, 5.74) is 13.7. The molecule has 3 aromatic heterocycles. The number of nitrogens with one attached hydrogen (secondary N) is 3.